The fourth-order valence-electron chi connectivity index (χ4n) is 2.59. The van der Waals surface area contributed by atoms with Crippen LogP contribution in [0.3, 0.4) is 0 Å². The average Bonchev–Trinajstić information content (AvgIpc) is 2.89. The van der Waals surface area contributed by atoms with Gasteiger partial charge >= 0.3 is 0 Å². The molecule has 1 saturated heterocycles. The second kappa shape index (κ2) is 5.80. The molecule has 0 aromatic heterocycles. The topological polar surface area (TPSA) is 30.9 Å². The normalized spacial score (nSPS) is 23.6. The number of nitrogens with one attached hydrogen (secondary N) is 1. The van der Waals surface area contributed by atoms with Gasteiger partial charge in [-0.15, -0.1) is 0 Å². The lowest BCUT2D eigenvalue weighted by atomic mass is 10.1. The van der Waals surface area contributed by atoms with Gasteiger partial charge in [0.05, 0.1) is 12.6 Å². The van der Waals surface area contributed by atoms with E-state index in [2.05, 4.69) is 27.2 Å². The molecule has 0 saturated carbocycles. The van der Waals surface area contributed by atoms with Crippen LogP contribution in [0, 0.1) is 0 Å². The minimum atomic E-state index is 0.148. The van der Waals surface area contributed by atoms with Gasteiger partial charge in [0, 0.05) is 36.2 Å². The molecule has 0 amide bonds. The SMILES string of the molecule is CN1CCN(C2=NCC(c3ccc(Cl)cc3Cl)N2)CC1. The maximum absolute atomic E-state index is 6.27. The molecule has 2 heterocycles. The lowest BCUT2D eigenvalue weighted by Crippen LogP contribution is -2.50. The number of hydrogen-bond acceptors (Lipinski definition) is 4. The predicted octanol–water partition coefficient (Wildman–Crippen LogP) is 2.24. The molecule has 1 unspecified atom stereocenters. The zero-order valence-corrected chi connectivity index (χ0v) is 13.0. The van der Waals surface area contributed by atoms with Crippen LogP contribution >= 0.6 is 23.2 Å². The van der Waals surface area contributed by atoms with Crippen LogP contribution in [0.2, 0.25) is 10.0 Å². The Labute approximate surface area is 129 Å². The van der Waals surface area contributed by atoms with E-state index in [1.807, 2.05) is 12.1 Å². The number of halogens is 2. The summed E-state index contributed by atoms with van der Waals surface area (Å²) in [6.07, 6.45) is 0. The van der Waals surface area contributed by atoms with Crippen molar-refractivity contribution < 1.29 is 0 Å². The summed E-state index contributed by atoms with van der Waals surface area (Å²) in [5, 5.41) is 4.84. The molecular formula is C14H18Cl2N4. The molecule has 1 aromatic carbocycles. The van der Waals surface area contributed by atoms with E-state index in [0.29, 0.717) is 10.0 Å². The molecule has 1 aromatic rings. The van der Waals surface area contributed by atoms with Crippen molar-refractivity contribution in [3.63, 3.8) is 0 Å². The molecule has 2 aliphatic rings. The van der Waals surface area contributed by atoms with E-state index in [-0.39, 0.29) is 6.04 Å². The summed E-state index contributed by atoms with van der Waals surface area (Å²) >= 11 is 12.2. The number of piperazine rings is 1. The Balaban J connectivity index is 1.66. The van der Waals surface area contributed by atoms with Crippen LogP contribution in [0.1, 0.15) is 11.6 Å². The Morgan fingerprint density at radius 3 is 2.65 bits per heavy atom. The Kier molecular flexibility index (Phi) is 4.06. The van der Waals surface area contributed by atoms with Crippen LogP contribution in [0.5, 0.6) is 0 Å². The highest BCUT2D eigenvalue weighted by Crippen LogP contribution is 2.28. The van der Waals surface area contributed by atoms with Crippen molar-refractivity contribution in [2.75, 3.05) is 39.8 Å². The lowest BCUT2D eigenvalue weighted by Gasteiger charge is -2.34. The quantitative estimate of drug-likeness (QED) is 0.863. The summed E-state index contributed by atoms with van der Waals surface area (Å²) < 4.78 is 0. The minimum Gasteiger partial charge on any atom is -0.347 e. The number of likely N-dealkylation sites (N-methyl/N-ethyl adjacent to an activating group) is 1. The summed E-state index contributed by atoms with van der Waals surface area (Å²) in [6, 6.07) is 5.78. The molecule has 1 fully saturated rings. The van der Waals surface area contributed by atoms with Crippen LogP contribution in [-0.4, -0.2) is 55.5 Å². The second-order valence-corrected chi connectivity index (χ2v) is 6.16. The first-order chi connectivity index (χ1) is 9.63. The largest absolute Gasteiger partial charge is 0.347 e. The highest BCUT2D eigenvalue weighted by molar-refractivity contribution is 6.35. The van der Waals surface area contributed by atoms with Gasteiger partial charge in [0.1, 0.15) is 0 Å². The molecule has 108 valence electrons. The third-order valence-corrected chi connectivity index (χ3v) is 4.43. The first-order valence-corrected chi connectivity index (χ1v) is 7.58. The summed E-state index contributed by atoms with van der Waals surface area (Å²) in [5.41, 5.74) is 1.06. The Morgan fingerprint density at radius 2 is 1.95 bits per heavy atom. The predicted molar refractivity (Wildman–Crippen MR) is 83.7 cm³/mol. The molecule has 0 radical (unpaired) electrons. The van der Waals surface area contributed by atoms with Crippen LogP contribution in [0.25, 0.3) is 0 Å². The molecule has 3 rings (SSSR count). The van der Waals surface area contributed by atoms with Crippen molar-refractivity contribution in [3.05, 3.63) is 33.8 Å². The third-order valence-electron chi connectivity index (χ3n) is 3.87. The summed E-state index contributed by atoms with van der Waals surface area (Å²) in [4.78, 5) is 9.27. The molecule has 2 aliphatic heterocycles. The van der Waals surface area contributed by atoms with Gasteiger partial charge in [-0.3, -0.25) is 4.99 Å². The van der Waals surface area contributed by atoms with Gasteiger partial charge in [0.25, 0.3) is 0 Å². The molecule has 0 bridgehead atoms. The van der Waals surface area contributed by atoms with Crippen LogP contribution < -0.4 is 5.32 Å². The number of rotatable bonds is 1. The van der Waals surface area contributed by atoms with E-state index >= 15 is 0 Å². The fraction of sp³-hybridized carbons (Fsp3) is 0.500. The second-order valence-electron chi connectivity index (χ2n) is 5.32. The number of nitrogens with zero attached hydrogens (tertiary/aromatic N) is 3. The van der Waals surface area contributed by atoms with Crippen LogP contribution in [-0.2, 0) is 0 Å². The van der Waals surface area contributed by atoms with Crippen molar-refractivity contribution in [2.24, 2.45) is 4.99 Å². The highest BCUT2D eigenvalue weighted by Gasteiger charge is 2.26. The Hall–Kier alpha value is -0.970. The van der Waals surface area contributed by atoms with E-state index in [9.17, 15) is 0 Å². The average molecular weight is 313 g/mol. The lowest BCUT2D eigenvalue weighted by molar-refractivity contribution is 0.212. The zero-order valence-electron chi connectivity index (χ0n) is 11.4. The summed E-state index contributed by atoms with van der Waals surface area (Å²) in [6.45, 7) is 4.91. The molecule has 20 heavy (non-hydrogen) atoms. The highest BCUT2D eigenvalue weighted by atomic mass is 35.5. The van der Waals surface area contributed by atoms with Crippen molar-refractivity contribution in [3.8, 4) is 0 Å². The van der Waals surface area contributed by atoms with Gasteiger partial charge in [-0.05, 0) is 24.7 Å². The van der Waals surface area contributed by atoms with Crippen molar-refractivity contribution in [1.29, 1.82) is 0 Å². The molecule has 6 heteroatoms. The maximum atomic E-state index is 6.27. The molecule has 1 N–H and O–H groups in total. The first kappa shape index (κ1) is 14.0. The molecule has 1 atom stereocenters. The standard InChI is InChI=1S/C14H18Cl2N4/c1-19-4-6-20(7-5-19)14-17-9-13(18-14)11-3-2-10(15)8-12(11)16/h2-3,8,13H,4-7,9H2,1H3,(H,17,18). The van der Waals surface area contributed by atoms with E-state index in [1.165, 1.54) is 0 Å². The summed E-state index contributed by atoms with van der Waals surface area (Å²) in [5.74, 6) is 0.995. The number of benzene rings is 1. The Morgan fingerprint density at radius 1 is 1.20 bits per heavy atom. The fourth-order valence-corrected chi connectivity index (χ4v) is 3.13. The summed E-state index contributed by atoms with van der Waals surface area (Å²) in [7, 11) is 2.15. The number of aliphatic imine (C=N–C) groups is 1. The van der Waals surface area contributed by atoms with Gasteiger partial charge in [-0.2, -0.15) is 0 Å². The Bertz CT molecular complexity index is 524. The van der Waals surface area contributed by atoms with Crippen molar-refractivity contribution in [2.45, 2.75) is 6.04 Å². The molecular weight excluding hydrogens is 295 g/mol. The zero-order chi connectivity index (χ0) is 14.1. The van der Waals surface area contributed by atoms with E-state index in [4.69, 9.17) is 23.2 Å². The molecule has 0 spiro atoms. The van der Waals surface area contributed by atoms with Crippen molar-refractivity contribution in [1.82, 2.24) is 15.1 Å². The van der Waals surface area contributed by atoms with Gasteiger partial charge < -0.3 is 15.1 Å². The first-order valence-electron chi connectivity index (χ1n) is 6.83. The van der Waals surface area contributed by atoms with E-state index in [0.717, 1.165) is 44.2 Å². The monoisotopic (exact) mass is 312 g/mol. The molecule has 4 nitrogen and oxygen atoms in total. The van der Waals surface area contributed by atoms with Crippen LogP contribution in [0.4, 0.5) is 0 Å². The number of guanidine groups is 1. The van der Waals surface area contributed by atoms with Gasteiger partial charge in [0.15, 0.2) is 5.96 Å². The van der Waals surface area contributed by atoms with Crippen LogP contribution in [0.15, 0.2) is 23.2 Å². The van der Waals surface area contributed by atoms with Crippen molar-refractivity contribution >= 4 is 29.2 Å². The van der Waals surface area contributed by atoms with Gasteiger partial charge in [0.2, 0.25) is 0 Å². The maximum Gasteiger partial charge on any atom is 0.194 e. The van der Waals surface area contributed by atoms with Gasteiger partial charge in [-0.1, -0.05) is 29.3 Å². The van der Waals surface area contributed by atoms with E-state index < -0.39 is 0 Å². The molecule has 0 aliphatic carbocycles. The minimum absolute atomic E-state index is 0.148. The van der Waals surface area contributed by atoms with Gasteiger partial charge in [-0.25, -0.2) is 0 Å². The third kappa shape index (κ3) is 2.87. The van der Waals surface area contributed by atoms with E-state index in [1.54, 1.807) is 6.07 Å². The smallest absolute Gasteiger partial charge is 0.194 e. The number of hydrogen-bond donors (Lipinski definition) is 1.